The number of aromatic nitrogens is 1. The topological polar surface area (TPSA) is 42.4 Å². The second-order valence-electron chi connectivity index (χ2n) is 7.53. The van der Waals surface area contributed by atoms with Crippen molar-refractivity contribution in [2.75, 3.05) is 0 Å². The lowest BCUT2D eigenvalue weighted by atomic mass is 9.93. The van der Waals surface area contributed by atoms with Crippen LogP contribution in [0.25, 0.3) is 23.1 Å². The van der Waals surface area contributed by atoms with Crippen molar-refractivity contribution in [1.82, 2.24) is 4.98 Å². The number of ether oxygens (including phenoxy) is 1. The molecule has 1 aliphatic heterocycles. The molecule has 1 N–H and O–H groups in total. The number of aliphatic hydroxyl groups excluding tert-OH is 1. The summed E-state index contributed by atoms with van der Waals surface area (Å²) in [6, 6.07) is 16.7. The first kappa shape index (κ1) is 19.9. The SMILES string of the molecule is C#Cc1cccc2c1COc1ccc(C=Cc3ccc4cc(F)c(F)cc4n3)cc1C2O. The molecule has 0 aliphatic carbocycles. The maximum Gasteiger partial charge on any atom is 0.161 e. The third-order valence-corrected chi connectivity index (χ3v) is 5.56. The lowest BCUT2D eigenvalue weighted by molar-refractivity contribution is 0.218. The quantitative estimate of drug-likeness (QED) is 0.423. The number of halogens is 2. The van der Waals surface area contributed by atoms with E-state index in [9.17, 15) is 13.9 Å². The molecule has 0 radical (unpaired) electrons. The largest absolute Gasteiger partial charge is 0.488 e. The predicted octanol–water partition coefficient (Wildman–Crippen LogP) is 5.64. The highest BCUT2D eigenvalue weighted by Crippen LogP contribution is 2.37. The van der Waals surface area contributed by atoms with Crippen molar-refractivity contribution in [1.29, 1.82) is 0 Å². The molecule has 5 rings (SSSR count). The van der Waals surface area contributed by atoms with Crippen molar-refractivity contribution in [3.63, 3.8) is 0 Å². The Hall–Kier alpha value is -4.01. The van der Waals surface area contributed by atoms with Crippen molar-refractivity contribution in [2.45, 2.75) is 12.7 Å². The van der Waals surface area contributed by atoms with Gasteiger partial charge >= 0.3 is 0 Å². The van der Waals surface area contributed by atoms with Gasteiger partial charge in [0.1, 0.15) is 18.5 Å². The fraction of sp³-hybridized carbons (Fsp3) is 0.0741. The average Bonchev–Trinajstić information content (AvgIpc) is 2.95. The minimum atomic E-state index is -0.931. The third kappa shape index (κ3) is 3.51. The van der Waals surface area contributed by atoms with Crippen LogP contribution < -0.4 is 4.74 Å². The molecule has 4 aromatic rings. The summed E-state index contributed by atoms with van der Waals surface area (Å²) in [4.78, 5) is 4.37. The standard InChI is InChI=1S/C27H17F2NO2/c1-2-17-4-3-5-20-22(17)15-32-26-11-7-16(12-21(26)27(20)31)6-9-19-10-8-18-13-23(28)24(29)14-25(18)30-19/h1,3-14,27,31H,15H2. The fourth-order valence-corrected chi connectivity index (χ4v) is 3.90. The van der Waals surface area contributed by atoms with E-state index in [-0.39, 0.29) is 6.61 Å². The van der Waals surface area contributed by atoms with E-state index in [4.69, 9.17) is 11.2 Å². The second kappa shape index (κ2) is 7.92. The van der Waals surface area contributed by atoms with Gasteiger partial charge in [-0.2, -0.15) is 0 Å². The van der Waals surface area contributed by atoms with Crippen LogP contribution in [0.3, 0.4) is 0 Å². The summed E-state index contributed by atoms with van der Waals surface area (Å²) in [7, 11) is 0. The minimum absolute atomic E-state index is 0.285. The maximum absolute atomic E-state index is 13.5. The number of hydrogen-bond acceptors (Lipinski definition) is 3. The Morgan fingerprint density at radius 3 is 2.69 bits per heavy atom. The van der Waals surface area contributed by atoms with Crippen molar-refractivity contribution in [3.05, 3.63) is 106 Å². The highest BCUT2D eigenvalue weighted by Gasteiger charge is 2.24. The highest BCUT2D eigenvalue weighted by molar-refractivity contribution is 5.81. The van der Waals surface area contributed by atoms with Gasteiger partial charge in [-0.15, -0.1) is 6.42 Å². The van der Waals surface area contributed by atoms with Crippen LogP contribution in [0.2, 0.25) is 0 Å². The van der Waals surface area contributed by atoms with E-state index in [2.05, 4.69) is 10.9 Å². The van der Waals surface area contributed by atoms with E-state index in [1.807, 2.05) is 42.5 Å². The minimum Gasteiger partial charge on any atom is -0.488 e. The van der Waals surface area contributed by atoms with E-state index in [1.165, 1.54) is 0 Å². The Kier molecular flexibility index (Phi) is 4.93. The Labute approximate surface area is 183 Å². The Balaban J connectivity index is 1.48. The molecule has 0 saturated heterocycles. The van der Waals surface area contributed by atoms with Crippen LogP contribution in [0.5, 0.6) is 5.75 Å². The number of rotatable bonds is 2. The van der Waals surface area contributed by atoms with Crippen LogP contribution >= 0.6 is 0 Å². The van der Waals surface area contributed by atoms with Gasteiger partial charge in [-0.1, -0.05) is 36.3 Å². The monoisotopic (exact) mass is 425 g/mol. The molecule has 156 valence electrons. The molecule has 2 heterocycles. The third-order valence-electron chi connectivity index (χ3n) is 5.56. The first-order chi connectivity index (χ1) is 15.5. The summed E-state index contributed by atoms with van der Waals surface area (Å²) in [5.74, 6) is 1.41. The molecule has 1 unspecified atom stereocenters. The number of terminal acetylenes is 1. The number of aliphatic hydroxyl groups is 1. The zero-order valence-electron chi connectivity index (χ0n) is 16.8. The highest BCUT2D eigenvalue weighted by atomic mass is 19.2. The molecule has 0 saturated carbocycles. The Bertz CT molecular complexity index is 1440. The number of pyridine rings is 1. The van der Waals surface area contributed by atoms with Gasteiger partial charge in [-0.3, -0.25) is 0 Å². The summed E-state index contributed by atoms with van der Waals surface area (Å²) < 4.78 is 32.8. The van der Waals surface area contributed by atoms with Crippen molar-refractivity contribution >= 4 is 23.1 Å². The molecule has 1 aliphatic rings. The van der Waals surface area contributed by atoms with Gasteiger partial charge in [0.2, 0.25) is 0 Å². The van der Waals surface area contributed by atoms with E-state index in [0.29, 0.717) is 33.5 Å². The molecule has 3 nitrogen and oxygen atoms in total. The first-order valence-corrected chi connectivity index (χ1v) is 10.0. The molecule has 1 atom stereocenters. The number of benzene rings is 3. The van der Waals surface area contributed by atoms with Gasteiger partial charge in [0.25, 0.3) is 0 Å². The normalized spacial score (nSPS) is 15.0. The van der Waals surface area contributed by atoms with Gasteiger partial charge < -0.3 is 9.84 Å². The summed E-state index contributed by atoms with van der Waals surface area (Å²) in [5, 5.41) is 11.6. The molecular formula is C27H17F2NO2. The van der Waals surface area contributed by atoms with Crippen LogP contribution in [-0.2, 0) is 6.61 Å². The molecule has 0 amide bonds. The van der Waals surface area contributed by atoms with Crippen LogP contribution in [0.1, 0.15) is 39.6 Å². The zero-order valence-corrected chi connectivity index (χ0v) is 16.8. The van der Waals surface area contributed by atoms with Gasteiger partial charge in [0, 0.05) is 28.1 Å². The summed E-state index contributed by atoms with van der Waals surface area (Å²) in [6.45, 7) is 0.285. The van der Waals surface area contributed by atoms with Gasteiger partial charge in [0.05, 0.1) is 11.2 Å². The molecule has 3 aromatic carbocycles. The number of hydrogen-bond donors (Lipinski definition) is 1. The van der Waals surface area contributed by atoms with Crippen LogP contribution in [0.4, 0.5) is 8.78 Å². The predicted molar refractivity (Wildman–Crippen MR) is 120 cm³/mol. The van der Waals surface area contributed by atoms with E-state index >= 15 is 0 Å². The van der Waals surface area contributed by atoms with Gasteiger partial charge in [-0.25, -0.2) is 13.8 Å². The molecule has 0 spiro atoms. The molecule has 0 fully saturated rings. The van der Waals surface area contributed by atoms with Crippen molar-refractivity contribution in [2.24, 2.45) is 0 Å². The Morgan fingerprint density at radius 1 is 1.00 bits per heavy atom. The Morgan fingerprint density at radius 2 is 1.84 bits per heavy atom. The first-order valence-electron chi connectivity index (χ1n) is 10.0. The van der Waals surface area contributed by atoms with Crippen molar-refractivity contribution < 1.29 is 18.6 Å². The fourth-order valence-electron chi connectivity index (χ4n) is 3.90. The summed E-state index contributed by atoms with van der Waals surface area (Å²) in [5.41, 5.74) is 4.68. The average molecular weight is 425 g/mol. The number of fused-ring (bicyclic) bond motifs is 3. The van der Waals surface area contributed by atoms with Crippen LogP contribution in [0.15, 0.2) is 60.7 Å². The smallest absolute Gasteiger partial charge is 0.161 e. The maximum atomic E-state index is 13.5. The molecular weight excluding hydrogens is 408 g/mol. The summed E-state index contributed by atoms with van der Waals surface area (Å²) in [6.07, 6.45) is 8.34. The van der Waals surface area contributed by atoms with E-state index in [1.54, 1.807) is 18.2 Å². The molecule has 1 aromatic heterocycles. The van der Waals surface area contributed by atoms with Crippen molar-refractivity contribution in [3.8, 4) is 18.1 Å². The van der Waals surface area contributed by atoms with Crippen LogP contribution in [-0.4, -0.2) is 10.1 Å². The molecule has 5 heteroatoms. The van der Waals surface area contributed by atoms with Gasteiger partial charge in [0.15, 0.2) is 11.6 Å². The van der Waals surface area contributed by atoms with Gasteiger partial charge in [-0.05, 0) is 47.5 Å². The van der Waals surface area contributed by atoms with Crippen LogP contribution in [0, 0.1) is 24.0 Å². The lowest BCUT2D eigenvalue weighted by Crippen LogP contribution is -2.03. The van der Waals surface area contributed by atoms with E-state index in [0.717, 1.165) is 28.8 Å². The summed E-state index contributed by atoms with van der Waals surface area (Å²) >= 11 is 0. The zero-order chi connectivity index (χ0) is 22.2. The number of nitrogens with zero attached hydrogens (tertiary/aromatic N) is 1. The van der Waals surface area contributed by atoms with E-state index < -0.39 is 17.7 Å². The molecule has 0 bridgehead atoms. The molecule has 32 heavy (non-hydrogen) atoms. The second-order valence-corrected chi connectivity index (χ2v) is 7.53. The lowest BCUT2D eigenvalue weighted by Gasteiger charge is -2.14.